The van der Waals surface area contributed by atoms with E-state index in [0.29, 0.717) is 23.6 Å². The third-order valence-corrected chi connectivity index (χ3v) is 4.17. The monoisotopic (exact) mass is 351 g/mol. The number of amides is 1. The smallest absolute Gasteiger partial charge is 0.254 e. The molecule has 0 saturated carbocycles. The SMILES string of the molecule is Cc1nc(C)c(CC(=O)NCc2cnn(-c3ccccc3C)c2)c(=O)[nH]1. The zero-order valence-corrected chi connectivity index (χ0v) is 15.0. The first kappa shape index (κ1) is 17.6. The van der Waals surface area contributed by atoms with Gasteiger partial charge < -0.3 is 10.3 Å². The fraction of sp³-hybridized carbons (Fsp3) is 0.263. The van der Waals surface area contributed by atoms with Gasteiger partial charge in [0.25, 0.3) is 5.56 Å². The summed E-state index contributed by atoms with van der Waals surface area (Å²) < 4.78 is 1.79. The molecule has 134 valence electrons. The Morgan fingerprint density at radius 2 is 2.00 bits per heavy atom. The predicted molar refractivity (Wildman–Crippen MR) is 98.2 cm³/mol. The molecule has 0 spiro atoms. The Balaban J connectivity index is 1.64. The molecule has 7 nitrogen and oxygen atoms in total. The Labute approximate surface area is 151 Å². The number of aromatic nitrogens is 4. The van der Waals surface area contributed by atoms with Gasteiger partial charge in [0.2, 0.25) is 5.91 Å². The van der Waals surface area contributed by atoms with Gasteiger partial charge in [-0.3, -0.25) is 9.59 Å². The topological polar surface area (TPSA) is 92.7 Å². The zero-order valence-electron chi connectivity index (χ0n) is 15.0. The fourth-order valence-corrected chi connectivity index (χ4v) is 2.79. The van der Waals surface area contributed by atoms with E-state index in [-0.39, 0.29) is 17.9 Å². The lowest BCUT2D eigenvalue weighted by Crippen LogP contribution is -2.28. The minimum Gasteiger partial charge on any atom is -0.352 e. The molecule has 0 bridgehead atoms. The normalized spacial score (nSPS) is 10.7. The van der Waals surface area contributed by atoms with Crippen LogP contribution in [0.3, 0.4) is 0 Å². The van der Waals surface area contributed by atoms with Gasteiger partial charge in [0.15, 0.2) is 0 Å². The number of hydrogen-bond acceptors (Lipinski definition) is 4. The second-order valence-corrected chi connectivity index (χ2v) is 6.25. The van der Waals surface area contributed by atoms with Crippen LogP contribution in [0.4, 0.5) is 0 Å². The minimum absolute atomic E-state index is 0.000374. The molecule has 2 heterocycles. The number of aryl methyl sites for hydroxylation is 3. The van der Waals surface area contributed by atoms with Crippen molar-refractivity contribution in [3.63, 3.8) is 0 Å². The highest BCUT2D eigenvalue weighted by Crippen LogP contribution is 2.13. The van der Waals surface area contributed by atoms with Crippen molar-refractivity contribution in [1.82, 2.24) is 25.1 Å². The standard InChI is InChI=1S/C19H21N5O2/c1-12-6-4-5-7-17(12)24-11-15(10-21-24)9-20-18(25)8-16-13(2)22-14(3)23-19(16)26/h4-7,10-11H,8-9H2,1-3H3,(H,20,25)(H,22,23,26). The lowest BCUT2D eigenvalue weighted by atomic mass is 10.1. The number of benzene rings is 1. The minimum atomic E-state index is -0.266. The van der Waals surface area contributed by atoms with Crippen molar-refractivity contribution in [2.75, 3.05) is 0 Å². The third-order valence-electron chi connectivity index (χ3n) is 4.17. The molecule has 2 N–H and O–H groups in total. The molecule has 0 aliphatic heterocycles. The number of para-hydroxylation sites is 1. The summed E-state index contributed by atoms with van der Waals surface area (Å²) in [4.78, 5) is 31.0. The highest BCUT2D eigenvalue weighted by molar-refractivity contribution is 5.78. The van der Waals surface area contributed by atoms with E-state index in [1.807, 2.05) is 37.4 Å². The molecule has 26 heavy (non-hydrogen) atoms. The predicted octanol–water partition coefficient (Wildman–Crippen LogP) is 1.74. The summed E-state index contributed by atoms with van der Waals surface area (Å²) in [7, 11) is 0. The number of rotatable bonds is 5. The average Bonchev–Trinajstić information content (AvgIpc) is 3.05. The molecule has 0 unspecified atom stereocenters. The first-order valence-corrected chi connectivity index (χ1v) is 8.36. The second-order valence-electron chi connectivity index (χ2n) is 6.25. The Morgan fingerprint density at radius 1 is 1.23 bits per heavy atom. The zero-order chi connectivity index (χ0) is 18.7. The maximum atomic E-state index is 12.2. The summed E-state index contributed by atoms with van der Waals surface area (Å²) in [5.41, 5.74) is 3.70. The van der Waals surface area contributed by atoms with E-state index in [1.54, 1.807) is 24.7 Å². The maximum Gasteiger partial charge on any atom is 0.254 e. The van der Waals surface area contributed by atoms with E-state index in [4.69, 9.17) is 0 Å². The van der Waals surface area contributed by atoms with Gasteiger partial charge in [-0.2, -0.15) is 5.10 Å². The third kappa shape index (κ3) is 3.88. The van der Waals surface area contributed by atoms with Crippen molar-refractivity contribution in [2.45, 2.75) is 33.7 Å². The first-order chi connectivity index (χ1) is 12.4. The van der Waals surface area contributed by atoms with Crippen LogP contribution >= 0.6 is 0 Å². The quantitative estimate of drug-likeness (QED) is 0.732. The van der Waals surface area contributed by atoms with Crippen molar-refractivity contribution in [3.05, 3.63) is 75.2 Å². The lowest BCUT2D eigenvalue weighted by molar-refractivity contribution is -0.120. The van der Waals surface area contributed by atoms with Crippen molar-refractivity contribution in [2.24, 2.45) is 0 Å². The van der Waals surface area contributed by atoms with Gasteiger partial charge in [-0.25, -0.2) is 9.67 Å². The molecule has 0 atom stereocenters. The van der Waals surface area contributed by atoms with Crippen LogP contribution in [0.5, 0.6) is 0 Å². The highest BCUT2D eigenvalue weighted by Gasteiger charge is 2.12. The summed E-state index contributed by atoms with van der Waals surface area (Å²) in [6, 6.07) is 7.95. The highest BCUT2D eigenvalue weighted by atomic mass is 16.2. The van der Waals surface area contributed by atoms with E-state index in [1.165, 1.54) is 0 Å². The maximum absolute atomic E-state index is 12.2. The van der Waals surface area contributed by atoms with E-state index >= 15 is 0 Å². The van der Waals surface area contributed by atoms with Gasteiger partial charge in [-0.05, 0) is 32.4 Å². The van der Waals surface area contributed by atoms with Crippen molar-refractivity contribution >= 4 is 5.91 Å². The van der Waals surface area contributed by atoms with E-state index in [0.717, 1.165) is 16.8 Å². The molecule has 0 saturated heterocycles. The van der Waals surface area contributed by atoms with Crippen LogP contribution in [0.25, 0.3) is 5.69 Å². The number of carbonyl (C=O) groups excluding carboxylic acids is 1. The van der Waals surface area contributed by atoms with E-state index in [9.17, 15) is 9.59 Å². The number of hydrogen-bond donors (Lipinski definition) is 2. The van der Waals surface area contributed by atoms with Gasteiger partial charge >= 0.3 is 0 Å². The van der Waals surface area contributed by atoms with Crippen molar-refractivity contribution in [1.29, 1.82) is 0 Å². The van der Waals surface area contributed by atoms with Crippen molar-refractivity contribution in [3.8, 4) is 5.69 Å². The van der Waals surface area contributed by atoms with Crippen LogP contribution < -0.4 is 10.9 Å². The molecule has 0 radical (unpaired) electrons. The Bertz CT molecular complexity index is 1000. The molecule has 3 aromatic rings. The number of aromatic amines is 1. The Hall–Kier alpha value is -3.22. The van der Waals surface area contributed by atoms with Crippen LogP contribution in [0.15, 0.2) is 41.5 Å². The van der Waals surface area contributed by atoms with Crippen molar-refractivity contribution < 1.29 is 4.79 Å². The van der Waals surface area contributed by atoms with Crippen LogP contribution in [0.2, 0.25) is 0 Å². The second kappa shape index (κ2) is 7.35. The van der Waals surface area contributed by atoms with Gasteiger partial charge in [0.1, 0.15) is 5.82 Å². The molecule has 0 aliphatic rings. The van der Waals surface area contributed by atoms with Crippen LogP contribution in [-0.2, 0) is 17.8 Å². The number of H-pyrrole nitrogens is 1. The van der Waals surface area contributed by atoms with Gasteiger partial charge in [-0.1, -0.05) is 18.2 Å². The van der Waals surface area contributed by atoms with Gasteiger partial charge in [-0.15, -0.1) is 0 Å². The molecule has 0 aliphatic carbocycles. The molecular weight excluding hydrogens is 330 g/mol. The molecule has 2 aromatic heterocycles. The van der Waals surface area contributed by atoms with E-state index in [2.05, 4.69) is 20.4 Å². The van der Waals surface area contributed by atoms with Gasteiger partial charge in [0.05, 0.1) is 18.3 Å². The average molecular weight is 351 g/mol. The summed E-state index contributed by atoms with van der Waals surface area (Å²) in [5, 5.41) is 7.17. The number of carbonyl (C=O) groups is 1. The molecular formula is C19H21N5O2. The Morgan fingerprint density at radius 3 is 2.73 bits per heavy atom. The summed E-state index contributed by atoms with van der Waals surface area (Å²) in [6.45, 7) is 5.82. The van der Waals surface area contributed by atoms with Crippen LogP contribution in [0, 0.1) is 20.8 Å². The molecule has 7 heteroatoms. The lowest BCUT2D eigenvalue weighted by Gasteiger charge is -2.06. The summed E-state index contributed by atoms with van der Waals surface area (Å²) in [6.07, 6.45) is 3.60. The molecule has 0 fully saturated rings. The summed E-state index contributed by atoms with van der Waals surface area (Å²) >= 11 is 0. The molecule has 3 rings (SSSR count). The van der Waals surface area contributed by atoms with Crippen LogP contribution in [-0.4, -0.2) is 25.7 Å². The Kier molecular flexibility index (Phi) is 4.97. The van der Waals surface area contributed by atoms with Crippen LogP contribution in [0.1, 0.15) is 28.2 Å². The summed E-state index contributed by atoms with van der Waals surface area (Å²) in [5.74, 6) is 0.313. The molecule has 1 amide bonds. The number of nitrogens with zero attached hydrogens (tertiary/aromatic N) is 3. The van der Waals surface area contributed by atoms with Gasteiger partial charge in [0, 0.05) is 29.6 Å². The number of nitrogens with one attached hydrogen (secondary N) is 2. The van der Waals surface area contributed by atoms with E-state index < -0.39 is 0 Å². The fourth-order valence-electron chi connectivity index (χ4n) is 2.79. The first-order valence-electron chi connectivity index (χ1n) is 8.36. The molecule has 1 aromatic carbocycles. The largest absolute Gasteiger partial charge is 0.352 e.